The molecule has 0 spiro atoms. The van der Waals surface area contributed by atoms with Gasteiger partial charge >= 0.3 is 0 Å². The number of thiazole rings is 1. The van der Waals surface area contributed by atoms with Crippen LogP contribution in [0.15, 0.2) is 69.0 Å². The van der Waals surface area contributed by atoms with Gasteiger partial charge in [-0.2, -0.15) is 0 Å². The number of halogens is 1. The van der Waals surface area contributed by atoms with Crippen LogP contribution in [-0.2, 0) is 18.9 Å². The number of benzene rings is 1. The number of thioether (sulfide) groups is 1. The Morgan fingerprint density at radius 1 is 1.28 bits per heavy atom. The molecule has 0 saturated heterocycles. The molecule has 3 heterocycles. The van der Waals surface area contributed by atoms with E-state index in [4.69, 9.17) is 4.74 Å². The summed E-state index contributed by atoms with van der Waals surface area (Å²) in [5, 5.41) is 11.1. The molecule has 7 nitrogen and oxygen atoms in total. The first-order valence-corrected chi connectivity index (χ1v) is 11.3. The first kappa shape index (κ1) is 19.9. The molecule has 0 bridgehead atoms. The highest BCUT2D eigenvalue weighted by Crippen LogP contribution is 2.23. The lowest BCUT2D eigenvalue weighted by Crippen LogP contribution is -2.12. The summed E-state index contributed by atoms with van der Waals surface area (Å²) >= 11 is 6.32. The van der Waals surface area contributed by atoms with Crippen molar-refractivity contribution in [2.24, 2.45) is 0 Å². The Morgan fingerprint density at radius 3 is 2.90 bits per heavy atom. The summed E-state index contributed by atoms with van der Waals surface area (Å²) in [4.78, 5) is 17.4. The minimum Gasteiger partial charge on any atom is -0.486 e. The molecule has 0 saturated carbocycles. The fraction of sp³-hybridized carbons (Fsp3) is 0.158. The van der Waals surface area contributed by atoms with Crippen molar-refractivity contribution in [3.63, 3.8) is 0 Å². The molecule has 0 atom stereocenters. The molecule has 148 valence electrons. The van der Waals surface area contributed by atoms with Gasteiger partial charge in [-0.15, -0.1) is 28.1 Å². The molecule has 0 radical (unpaired) electrons. The lowest BCUT2D eigenvalue weighted by molar-refractivity contribution is 0.289. The third kappa shape index (κ3) is 4.60. The fourth-order valence-corrected chi connectivity index (χ4v) is 4.49. The van der Waals surface area contributed by atoms with Crippen LogP contribution < -0.4 is 10.3 Å². The molecule has 0 fully saturated rings. The van der Waals surface area contributed by atoms with E-state index >= 15 is 0 Å². The van der Waals surface area contributed by atoms with E-state index < -0.39 is 0 Å². The normalized spacial score (nSPS) is 11.1. The number of hydrogen-bond acceptors (Lipinski definition) is 7. The van der Waals surface area contributed by atoms with E-state index in [1.807, 2.05) is 34.2 Å². The Morgan fingerprint density at radius 2 is 2.10 bits per heavy atom. The van der Waals surface area contributed by atoms with Gasteiger partial charge in [-0.1, -0.05) is 33.8 Å². The molecular weight excluding hydrogens is 474 g/mol. The SMILES string of the molecule is C=CCn1c(COc2ccc(Br)cc2)nnc1SCc1cc(=O)n2ccsc2n1. The summed E-state index contributed by atoms with van der Waals surface area (Å²) in [5.41, 5.74) is 0.631. The summed E-state index contributed by atoms with van der Waals surface area (Å²) < 4.78 is 10.3. The van der Waals surface area contributed by atoms with Crippen LogP contribution in [0.2, 0.25) is 0 Å². The molecule has 1 aromatic carbocycles. The third-order valence-corrected chi connectivity index (χ3v) is 6.28. The molecule has 10 heteroatoms. The summed E-state index contributed by atoms with van der Waals surface area (Å²) in [7, 11) is 0. The lowest BCUT2D eigenvalue weighted by atomic mass is 10.3. The molecule has 0 unspecified atom stereocenters. The topological polar surface area (TPSA) is 74.3 Å². The van der Waals surface area contributed by atoms with Crippen molar-refractivity contribution in [3.8, 4) is 5.75 Å². The molecule has 0 aliphatic rings. The molecule has 4 aromatic rings. The van der Waals surface area contributed by atoms with Crippen molar-refractivity contribution in [3.05, 3.63) is 80.9 Å². The van der Waals surface area contributed by atoms with Gasteiger partial charge in [0.25, 0.3) is 5.56 Å². The predicted molar refractivity (Wildman–Crippen MR) is 118 cm³/mol. The highest BCUT2D eigenvalue weighted by molar-refractivity contribution is 9.10. The van der Waals surface area contributed by atoms with Crippen molar-refractivity contribution < 1.29 is 4.74 Å². The smallest absolute Gasteiger partial charge is 0.258 e. The Bertz CT molecular complexity index is 1200. The number of aromatic nitrogens is 5. The number of ether oxygens (including phenoxy) is 1. The van der Waals surface area contributed by atoms with Gasteiger partial charge in [0, 0.05) is 34.4 Å². The van der Waals surface area contributed by atoms with Crippen LogP contribution >= 0.6 is 39.0 Å². The van der Waals surface area contributed by atoms with Gasteiger partial charge in [0.15, 0.2) is 15.9 Å². The predicted octanol–water partition coefficient (Wildman–Crippen LogP) is 4.17. The highest BCUT2D eigenvalue weighted by Gasteiger charge is 2.13. The van der Waals surface area contributed by atoms with E-state index in [-0.39, 0.29) is 5.56 Å². The summed E-state index contributed by atoms with van der Waals surface area (Å²) in [6, 6.07) is 9.17. The van der Waals surface area contributed by atoms with Crippen LogP contribution in [0.5, 0.6) is 5.75 Å². The zero-order valence-corrected chi connectivity index (χ0v) is 18.4. The van der Waals surface area contributed by atoms with Crippen LogP contribution in [0.1, 0.15) is 11.5 Å². The molecular formula is C19H16BrN5O2S2. The van der Waals surface area contributed by atoms with Crippen LogP contribution in [0.25, 0.3) is 4.96 Å². The van der Waals surface area contributed by atoms with Gasteiger partial charge in [-0.25, -0.2) is 4.98 Å². The molecule has 0 aliphatic carbocycles. The van der Waals surface area contributed by atoms with Gasteiger partial charge in [0.2, 0.25) is 0 Å². The van der Waals surface area contributed by atoms with Gasteiger partial charge in [0.05, 0.1) is 5.69 Å². The number of hydrogen-bond donors (Lipinski definition) is 0. The van der Waals surface area contributed by atoms with Crippen LogP contribution in [-0.4, -0.2) is 24.1 Å². The lowest BCUT2D eigenvalue weighted by Gasteiger charge is -2.09. The van der Waals surface area contributed by atoms with E-state index in [0.717, 1.165) is 15.4 Å². The zero-order valence-electron chi connectivity index (χ0n) is 15.2. The second-order valence-electron chi connectivity index (χ2n) is 5.97. The largest absolute Gasteiger partial charge is 0.486 e. The maximum absolute atomic E-state index is 12.1. The van der Waals surface area contributed by atoms with Gasteiger partial charge < -0.3 is 4.74 Å². The number of rotatable bonds is 8. The molecule has 0 aliphatic heterocycles. The van der Waals surface area contributed by atoms with E-state index in [9.17, 15) is 4.79 Å². The van der Waals surface area contributed by atoms with Crippen molar-refractivity contribution in [2.75, 3.05) is 0 Å². The molecule has 4 rings (SSSR count). The average molecular weight is 490 g/mol. The third-order valence-electron chi connectivity index (χ3n) is 3.99. The zero-order chi connectivity index (χ0) is 20.2. The maximum atomic E-state index is 12.1. The van der Waals surface area contributed by atoms with E-state index in [1.165, 1.54) is 27.5 Å². The van der Waals surface area contributed by atoms with Gasteiger partial charge in [0.1, 0.15) is 12.4 Å². The van der Waals surface area contributed by atoms with Crippen LogP contribution in [0.4, 0.5) is 0 Å². The minimum absolute atomic E-state index is 0.0806. The maximum Gasteiger partial charge on any atom is 0.258 e. The monoisotopic (exact) mass is 489 g/mol. The van der Waals surface area contributed by atoms with Crippen molar-refractivity contribution >= 4 is 44.0 Å². The summed E-state index contributed by atoms with van der Waals surface area (Å²) in [5.74, 6) is 1.98. The quantitative estimate of drug-likeness (QED) is 0.273. The minimum atomic E-state index is -0.0806. The molecule has 3 aromatic heterocycles. The van der Waals surface area contributed by atoms with Gasteiger partial charge in [-0.05, 0) is 24.3 Å². The van der Waals surface area contributed by atoms with E-state index in [1.54, 1.807) is 18.3 Å². The summed E-state index contributed by atoms with van der Waals surface area (Å²) in [6.07, 6.45) is 3.52. The average Bonchev–Trinajstić information content (AvgIpc) is 3.34. The van der Waals surface area contributed by atoms with Gasteiger partial charge in [-0.3, -0.25) is 13.8 Å². The Hall–Kier alpha value is -2.43. The number of nitrogens with zero attached hydrogens (tertiary/aromatic N) is 5. The second kappa shape index (κ2) is 8.93. The summed E-state index contributed by atoms with van der Waals surface area (Å²) in [6.45, 7) is 4.68. The molecule has 29 heavy (non-hydrogen) atoms. The first-order chi connectivity index (χ1) is 14.1. The molecule has 0 N–H and O–H groups in total. The van der Waals surface area contributed by atoms with Crippen molar-refractivity contribution in [1.82, 2.24) is 24.1 Å². The van der Waals surface area contributed by atoms with Crippen molar-refractivity contribution in [1.29, 1.82) is 0 Å². The Balaban J connectivity index is 1.48. The molecule has 0 amide bonds. The highest BCUT2D eigenvalue weighted by atomic mass is 79.9. The Kier molecular flexibility index (Phi) is 6.12. The second-order valence-corrected chi connectivity index (χ2v) is 8.70. The number of allylic oxidation sites excluding steroid dienone is 1. The number of fused-ring (bicyclic) bond motifs is 1. The first-order valence-electron chi connectivity index (χ1n) is 8.64. The van der Waals surface area contributed by atoms with E-state index in [0.29, 0.717) is 35.4 Å². The van der Waals surface area contributed by atoms with E-state index in [2.05, 4.69) is 37.7 Å². The Labute approximate surface area is 183 Å². The fourth-order valence-electron chi connectivity index (χ4n) is 2.62. The standard InChI is InChI=1S/C19H16BrN5O2S2/c1-2-7-24-16(11-27-15-5-3-13(20)4-6-15)22-23-19(24)29-12-14-10-17(26)25-8-9-28-18(25)21-14/h2-6,8-10H,1,7,11-12H2. The van der Waals surface area contributed by atoms with Crippen molar-refractivity contribution in [2.45, 2.75) is 24.1 Å². The van der Waals surface area contributed by atoms with Crippen LogP contribution in [0.3, 0.4) is 0 Å². The van der Waals surface area contributed by atoms with Crippen LogP contribution in [0, 0.1) is 0 Å².